The summed E-state index contributed by atoms with van der Waals surface area (Å²) < 4.78 is 24.9. The first kappa shape index (κ1) is 11.3. The molecule has 0 unspecified atom stereocenters. The molecule has 0 saturated carbocycles. The molecular formula is C8H4ClF2N3O. The lowest BCUT2D eigenvalue weighted by molar-refractivity contribution is 0.106. The molecule has 1 rings (SSSR count). The number of rotatable bonds is 2. The van der Waals surface area contributed by atoms with E-state index >= 15 is 0 Å². The van der Waals surface area contributed by atoms with Gasteiger partial charge in [-0.15, -0.1) is 0 Å². The summed E-state index contributed by atoms with van der Waals surface area (Å²) in [7, 11) is 0. The summed E-state index contributed by atoms with van der Waals surface area (Å²) in [4.78, 5) is 14.1. The first-order valence-electron chi connectivity index (χ1n) is 3.66. The van der Waals surface area contributed by atoms with Crippen molar-refractivity contribution in [3.05, 3.63) is 22.9 Å². The number of hydrogen-bond acceptors (Lipinski definition) is 4. The van der Waals surface area contributed by atoms with Gasteiger partial charge >= 0.3 is 0 Å². The van der Waals surface area contributed by atoms with Crippen LogP contribution in [-0.2, 0) is 0 Å². The number of halogens is 3. The molecule has 0 bridgehead atoms. The van der Waals surface area contributed by atoms with Crippen molar-refractivity contribution >= 4 is 22.7 Å². The second kappa shape index (κ2) is 4.19. The maximum atomic E-state index is 12.4. The third kappa shape index (κ3) is 2.19. The fraction of sp³-hybridized carbons (Fsp3) is 0.125. The summed E-state index contributed by atoms with van der Waals surface area (Å²) >= 11 is 5.05. The van der Waals surface area contributed by atoms with E-state index in [1.165, 1.54) is 0 Å². The fourth-order valence-electron chi connectivity index (χ4n) is 0.956. The molecule has 0 aliphatic carbocycles. The topological polar surface area (TPSA) is 79.8 Å². The highest BCUT2D eigenvalue weighted by Crippen LogP contribution is 2.25. The van der Waals surface area contributed by atoms with E-state index in [2.05, 4.69) is 4.98 Å². The minimum atomic E-state index is -2.94. The number of nitrogens with zero attached hydrogens (tertiary/aromatic N) is 2. The summed E-state index contributed by atoms with van der Waals surface area (Å²) in [6.07, 6.45) is -2.94. The minimum absolute atomic E-state index is 0.216. The van der Waals surface area contributed by atoms with E-state index in [0.717, 1.165) is 6.07 Å². The van der Waals surface area contributed by atoms with Gasteiger partial charge in [0.25, 0.3) is 11.7 Å². The average molecular weight is 232 g/mol. The highest BCUT2D eigenvalue weighted by molar-refractivity contribution is 6.67. The molecule has 4 nitrogen and oxygen atoms in total. The van der Waals surface area contributed by atoms with Crippen LogP contribution in [0.5, 0.6) is 0 Å². The lowest BCUT2D eigenvalue weighted by Crippen LogP contribution is -2.07. The second-order valence-electron chi connectivity index (χ2n) is 2.55. The molecule has 0 spiro atoms. The predicted molar refractivity (Wildman–Crippen MR) is 48.5 cm³/mol. The number of nitrogens with two attached hydrogens (primary N) is 1. The van der Waals surface area contributed by atoms with Crippen molar-refractivity contribution in [1.82, 2.24) is 4.98 Å². The molecule has 15 heavy (non-hydrogen) atoms. The fourth-order valence-corrected chi connectivity index (χ4v) is 1.11. The molecule has 1 aromatic heterocycles. The SMILES string of the molecule is N#Cc1cc(C(F)F)c(C(=O)Cl)nc1N. The first-order valence-corrected chi connectivity index (χ1v) is 4.03. The summed E-state index contributed by atoms with van der Waals surface area (Å²) in [6, 6.07) is 2.39. The number of anilines is 1. The van der Waals surface area contributed by atoms with E-state index in [-0.39, 0.29) is 11.4 Å². The van der Waals surface area contributed by atoms with Gasteiger partial charge in [0.2, 0.25) is 0 Å². The average Bonchev–Trinajstić information content (AvgIpc) is 2.16. The van der Waals surface area contributed by atoms with Crippen molar-refractivity contribution in [2.75, 3.05) is 5.73 Å². The predicted octanol–water partition coefficient (Wildman–Crippen LogP) is 1.85. The maximum Gasteiger partial charge on any atom is 0.271 e. The van der Waals surface area contributed by atoms with Crippen molar-refractivity contribution < 1.29 is 13.6 Å². The molecule has 0 aliphatic rings. The monoisotopic (exact) mass is 231 g/mol. The van der Waals surface area contributed by atoms with Gasteiger partial charge in [-0.3, -0.25) is 4.79 Å². The Morgan fingerprint density at radius 3 is 2.67 bits per heavy atom. The Kier molecular flexibility index (Phi) is 3.17. The third-order valence-electron chi connectivity index (χ3n) is 1.62. The molecule has 0 atom stereocenters. The highest BCUT2D eigenvalue weighted by atomic mass is 35.5. The normalized spacial score (nSPS) is 10.1. The van der Waals surface area contributed by atoms with Crippen molar-refractivity contribution in [1.29, 1.82) is 5.26 Å². The van der Waals surface area contributed by atoms with Gasteiger partial charge in [0.15, 0.2) is 0 Å². The second-order valence-corrected chi connectivity index (χ2v) is 2.89. The van der Waals surface area contributed by atoms with Crippen LogP contribution in [0.15, 0.2) is 6.07 Å². The Hall–Kier alpha value is -1.74. The van der Waals surface area contributed by atoms with E-state index in [0.29, 0.717) is 0 Å². The minimum Gasteiger partial charge on any atom is -0.383 e. The molecule has 0 aliphatic heterocycles. The van der Waals surface area contributed by atoms with Crippen LogP contribution >= 0.6 is 11.6 Å². The molecule has 1 heterocycles. The van der Waals surface area contributed by atoms with Gasteiger partial charge in [0.1, 0.15) is 17.6 Å². The standard InChI is InChI=1S/C8H4ClF2N3O/c9-6(15)5-4(7(10)11)1-3(2-12)8(13)14-5/h1,7H,(H2,13,14). The highest BCUT2D eigenvalue weighted by Gasteiger charge is 2.21. The van der Waals surface area contributed by atoms with Gasteiger partial charge in [-0.25, -0.2) is 13.8 Å². The summed E-state index contributed by atoms with van der Waals surface area (Å²) in [6.45, 7) is 0. The molecule has 0 amide bonds. The molecule has 7 heteroatoms. The van der Waals surface area contributed by atoms with E-state index < -0.39 is 22.9 Å². The zero-order chi connectivity index (χ0) is 11.6. The van der Waals surface area contributed by atoms with E-state index in [1.54, 1.807) is 6.07 Å². The van der Waals surface area contributed by atoms with Crippen LogP contribution in [0.25, 0.3) is 0 Å². The van der Waals surface area contributed by atoms with Crippen molar-refractivity contribution in [2.24, 2.45) is 0 Å². The van der Waals surface area contributed by atoms with Crippen molar-refractivity contribution in [2.45, 2.75) is 6.43 Å². The van der Waals surface area contributed by atoms with Gasteiger partial charge < -0.3 is 5.73 Å². The van der Waals surface area contributed by atoms with Crippen LogP contribution < -0.4 is 5.73 Å². The quantitative estimate of drug-likeness (QED) is 0.788. The molecule has 2 N–H and O–H groups in total. The largest absolute Gasteiger partial charge is 0.383 e. The Morgan fingerprint density at radius 1 is 1.67 bits per heavy atom. The molecule has 0 fully saturated rings. The third-order valence-corrected chi connectivity index (χ3v) is 1.80. The van der Waals surface area contributed by atoms with Gasteiger partial charge in [0, 0.05) is 5.56 Å². The molecule has 0 saturated heterocycles. The smallest absolute Gasteiger partial charge is 0.271 e. The number of alkyl halides is 2. The Bertz CT molecular complexity index is 456. The van der Waals surface area contributed by atoms with Crippen LogP contribution in [0.4, 0.5) is 14.6 Å². The number of nitrogen functional groups attached to an aromatic ring is 1. The molecule has 78 valence electrons. The van der Waals surface area contributed by atoms with E-state index in [4.69, 9.17) is 22.6 Å². The molecule has 1 aromatic rings. The number of hydrogen-bond donors (Lipinski definition) is 1. The van der Waals surface area contributed by atoms with E-state index in [1.807, 2.05) is 0 Å². The van der Waals surface area contributed by atoms with Gasteiger partial charge in [-0.2, -0.15) is 5.26 Å². The summed E-state index contributed by atoms with van der Waals surface area (Å²) in [5.74, 6) is -0.300. The number of nitriles is 1. The number of pyridine rings is 1. The van der Waals surface area contributed by atoms with Crippen LogP contribution in [0.1, 0.15) is 28.0 Å². The zero-order valence-electron chi connectivity index (χ0n) is 7.17. The summed E-state index contributed by atoms with van der Waals surface area (Å²) in [5, 5.41) is 7.38. The van der Waals surface area contributed by atoms with Crippen LogP contribution in [0, 0.1) is 11.3 Å². The molecule has 0 radical (unpaired) electrons. The van der Waals surface area contributed by atoms with Gasteiger partial charge in [0.05, 0.1) is 5.56 Å². The first-order chi connectivity index (χ1) is 6.97. The number of carbonyl (C=O) groups excluding carboxylic acids is 1. The van der Waals surface area contributed by atoms with Crippen molar-refractivity contribution in [3.8, 4) is 6.07 Å². The van der Waals surface area contributed by atoms with Gasteiger partial charge in [-0.1, -0.05) is 0 Å². The van der Waals surface area contributed by atoms with Crippen LogP contribution in [0.3, 0.4) is 0 Å². The number of aromatic nitrogens is 1. The van der Waals surface area contributed by atoms with E-state index in [9.17, 15) is 13.6 Å². The van der Waals surface area contributed by atoms with Gasteiger partial charge in [-0.05, 0) is 17.7 Å². The maximum absolute atomic E-state index is 12.4. The Labute approximate surface area is 88.3 Å². The van der Waals surface area contributed by atoms with Crippen LogP contribution in [-0.4, -0.2) is 10.2 Å². The van der Waals surface area contributed by atoms with Crippen LogP contribution in [0.2, 0.25) is 0 Å². The molecular weight excluding hydrogens is 228 g/mol. The molecule has 0 aromatic carbocycles. The Morgan fingerprint density at radius 2 is 2.27 bits per heavy atom. The lowest BCUT2D eigenvalue weighted by Gasteiger charge is -2.06. The Balaban J connectivity index is 3.47. The van der Waals surface area contributed by atoms with Crippen molar-refractivity contribution in [3.63, 3.8) is 0 Å². The summed E-state index contributed by atoms with van der Waals surface area (Å²) in [5.41, 5.74) is 3.72. The number of carbonyl (C=O) groups is 1. The zero-order valence-corrected chi connectivity index (χ0v) is 7.92. The lowest BCUT2D eigenvalue weighted by atomic mass is 10.1.